The number of benzene rings is 1. The molecule has 0 amide bonds. The van der Waals surface area contributed by atoms with Gasteiger partial charge in [0.15, 0.2) is 6.29 Å². The number of aliphatic hydroxyl groups is 3. The average Bonchev–Trinajstić information content (AvgIpc) is 2.49. The molecule has 0 radical (unpaired) electrons. The Morgan fingerprint density at radius 1 is 1.09 bits per heavy atom. The minimum absolute atomic E-state index is 0.0713. The largest absolute Gasteiger partial charge is 0.397 e. The van der Waals surface area contributed by atoms with E-state index in [0.717, 1.165) is 5.56 Å². The van der Waals surface area contributed by atoms with Crippen molar-refractivity contribution in [3.8, 4) is 0 Å². The zero-order valence-corrected chi connectivity index (χ0v) is 12.7. The molecule has 0 aromatic heterocycles. The number of ether oxygens (including phenoxy) is 2. The van der Waals surface area contributed by atoms with Crippen LogP contribution in [0.3, 0.4) is 0 Å². The summed E-state index contributed by atoms with van der Waals surface area (Å²) in [5.74, 6) is 0. The summed E-state index contributed by atoms with van der Waals surface area (Å²) in [6, 6.07) is 8.96. The lowest BCUT2D eigenvalue weighted by molar-refractivity contribution is -0.297. The molecular formula is C13H18O9S. The van der Waals surface area contributed by atoms with Gasteiger partial charge in [-0.3, -0.25) is 4.55 Å². The third-order valence-corrected chi connectivity index (χ3v) is 3.76. The summed E-state index contributed by atoms with van der Waals surface area (Å²) >= 11 is 0. The van der Waals surface area contributed by atoms with Crippen LogP contribution in [0.5, 0.6) is 0 Å². The van der Waals surface area contributed by atoms with Gasteiger partial charge in [0.25, 0.3) is 0 Å². The van der Waals surface area contributed by atoms with E-state index in [-0.39, 0.29) is 6.61 Å². The van der Waals surface area contributed by atoms with Crippen LogP contribution in [0, 0.1) is 0 Å². The molecule has 1 aromatic carbocycles. The van der Waals surface area contributed by atoms with Crippen LogP contribution < -0.4 is 0 Å². The molecule has 10 heteroatoms. The summed E-state index contributed by atoms with van der Waals surface area (Å²) in [6.07, 6.45) is -7.28. The Morgan fingerprint density at radius 2 is 1.74 bits per heavy atom. The zero-order chi connectivity index (χ0) is 17.0. The van der Waals surface area contributed by atoms with E-state index in [1.54, 1.807) is 24.3 Å². The van der Waals surface area contributed by atoms with Gasteiger partial charge in [0.05, 0.1) is 13.2 Å². The van der Waals surface area contributed by atoms with Crippen LogP contribution in [0.25, 0.3) is 0 Å². The first-order chi connectivity index (χ1) is 10.8. The summed E-state index contributed by atoms with van der Waals surface area (Å²) < 4.78 is 43.9. The van der Waals surface area contributed by atoms with Crippen molar-refractivity contribution in [3.05, 3.63) is 35.9 Å². The molecule has 1 fully saturated rings. The summed E-state index contributed by atoms with van der Waals surface area (Å²) in [7, 11) is -4.73. The molecule has 0 spiro atoms. The number of hydrogen-bond donors (Lipinski definition) is 4. The molecule has 5 atom stereocenters. The van der Waals surface area contributed by atoms with E-state index in [0.29, 0.717) is 0 Å². The van der Waals surface area contributed by atoms with Crippen molar-refractivity contribution >= 4 is 10.4 Å². The molecule has 2 rings (SSSR count). The molecule has 0 unspecified atom stereocenters. The maximum absolute atomic E-state index is 10.5. The fourth-order valence-corrected chi connectivity index (χ4v) is 2.46. The van der Waals surface area contributed by atoms with Gasteiger partial charge < -0.3 is 24.8 Å². The predicted molar refractivity (Wildman–Crippen MR) is 75.4 cm³/mol. The Hall–Kier alpha value is -1.11. The van der Waals surface area contributed by atoms with Crippen molar-refractivity contribution in [3.63, 3.8) is 0 Å². The molecule has 1 aliphatic heterocycles. The Labute approximate surface area is 133 Å². The fraction of sp³-hybridized carbons (Fsp3) is 0.538. The van der Waals surface area contributed by atoms with Crippen LogP contribution in [0.2, 0.25) is 0 Å². The lowest BCUT2D eigenvalue weighted by Crippen LogP contribution is -2.59. The Balaban J connectivity index is 1.94. The standard InChI is InChI=1S/C13H18O9S/c14-10-9(7-21-23(17,18)19)22-13(16)12(11(10)15)20-6-8-4-2-1-3-5-8/h1-5,9-16H,6-7H2,(H,17,18,19)/t9-,10-,11+,12-,13+/m1/s1. The third kappa shape index (κ3) is 5.19. The van der Waals surface area contributed by atoms with Gasteiger partial charge in [0.1, 0.15) is 24.4 Å². The molecule has 0 aliphatic carbocycles. The molecular weight excluding hydrogens is 332 g/mol. The van der Waals surface area contributed by atoms with Crippen LogP contribution in [0.4, 0.5) is 0 Å². The van der Waals surface area contributed by atoms with Crippen molar-refractivity contribution < 1.29 is 41.9 Å². The number of rotatable bonds is 6. The third-order valence-electron chi connectivity index (χ3n) is 3.33. The summed E-state index contributed by atoms with van der Waals surface area (Å²) in [5, 5.41) is 29.7. The molecule has 4 N–H and O–H groups in total. The first-order valence-corrected chi connectivity index (χ1v) is 8.11. The van der Waals surface area contributed by atoms with Crippen molar-refractivity contribution in [2.24, 2.45) is 0 Å². The zero-order valence-electron chi connectivity index (χ0n) is 11.9. The smallest absolute Gasteiger partial charge is 0.387 e. The molecule has 9 nitrogen and oxygen atoms in total. The van der Waals surface area contributed by atoms with E-state index in [1.165, 1.54) is 0 Å². The highest BCUT2D eigenvalue weighted by Gasteiger charge is 2.45. The van der Waals surface area contributed by atoms with Gasteiger partial charge in [-0.15, -0.1) is 0 Å². The quantitative estimate of drug-likeness (QED) is 0.467. The topological polar surface area (TPSA) is 143 Å². The van der Waals surface area contributed by atoms with Crippen molar-refractivity contribution in [1.29, 1.82) is 0 Å². The van der Waals surface area contributed by atoms with Gasteiger partial charge >= 0.3 is 10.4 Å². The van der Waals surface area contributed by atoms with Crippen molar-refractivity contribution in [2.45, 2.75) is 37.3 Å². The average molecular weight is 350 g/mol. The summed E-state index contributed by atoms with van der Waals surface area (Å²) in [4.78, 5) is 0. The maximum atomic E-state index is 10.5. The molecule has 0 bridgehead atoms. The molecule has 1 saturated heterocycles. The minimum Gasteiger partial charge on any atom is -0.387 e. The molecule has 23 heavy (non-hydrogen) atoms. The first-order valence-electron chi connectivity index (χ1n) is 6.75. The van der Waals surface area contributed by atoms with E-state index in [2.05, 4.69) is 4.18 Å². The fourth-order valence-electron chi connectivity index (χ4n) is 2.16. The number of hydrogen-bond acceptors (Lipinski definition) is 8. The van der Waals surface area contributed by atoms with E-state index in [9.17, 15) is 23.7 Å². The van der Waals surface area contributed by atoms with Gasteiger partial charge in [-0.1, -0.05) is 30.3 Å². The van der Waals surface area contributed by atoms with Gasteiger partial charge in [-0.2, -0.15) is 8.42 Å². The molecule has 1 heterocycles. The summed E-state index contributed by atoms with van der Waals surface area (Å²) in [5.41, 5.74) is 0.790. The normalized spacial score (nSPS) is 31.9. The van der Waals surface area contributed by atoms with Gasteiger partial charge in [-0.05, 0) is 5.56 Å². The van der Waals surface area contributed by atoms with Crippen LogP contribution in [-0.4, -0.2) is 65.6 Å². The van der Waals surface area contributed by atoms with E-state index < -0.39 is 47.7 Å². The highest BCUT2D eigenvalue weighted by Crippen LogP contribution is 2.23. The van der Waals surface area contributed by atoms with Gasteiger partial charge in [-0.25, -0.2) is 4.18 Å². The van der Waals surface area contributed by atoms with Crippen molar-refractivity contribution in [2.75, 3.05) is 6.61 Å². The Bertz CT molecular complexity index is 591. The van der Waals surface area contributed by atoms with E-state index in [4.69, 9.17) is 14.0 Å². The predicted octanol–water partition coefficient (Wildman–Crippen LogP) is -1.17. The Kier molecular flexibility index (Phi) is 6.06. The molecule has 0 saturated carbocycles. The van der Waals surface area contributed by atoms with Crippen LogP contribution in [0.15, 0.2) is 30.3 Å². The van der Waals surface area contributed by atoms with Gasteiger partial charge in [0, 0.05) is 0 Å². The van der Waals surface area contributed by atoms with Crippen LogP contribution in [0.1, 0.15) is 5.56 Å². The highest BCUT2D eigenvalue weighted by molar-refractivity contribution is 7.80. The second-order valence-corrected chi connectivity index (χ2v) is 6.11. The Morgan fingerprint density at radius 3 is 2.35 bits per heavy atom. The lowest BCUT2D eigenvalue weighted by atomic mass is 9.99. The second kappa shape index (κ2) is 7.64. The summed E-state index contributed by atoms with van der Waals surface area (Å²) in [6.45, 7) is -0.693. The van der Waals surface area contributed by atoms with E-state index in [1.807, 2.05) is 6.07 Å². The molecule has 130 valence electrons. The minimum atomic E-state index is -4.73. The van der Waals surface area contributed by atoms with E-state index >= 15 is 0 Å². The van der Waals surface area contributed by atoms with Crippen molar-refractivity contribution in [1.82, 2.24) is 0 Å². The monoisotopic (exact) mass is 350 g/mol. The first kappa shape index (κ1) is 18.2. The highest BCUT2D eigenvalue weighted by atomic mass is 32.3. The van der Waals surface area contributed by atoms with Crippen LogP contribution >= 0.6 is 0 Å². The number of aliphatic hydroxyl groups excluding tert-OH is 3. The van der Waals surface area contributed by atoms with Crippen LogP contribution in [-0.2, 0) is 30.7 Å². The van der Waals surface area contributed by atoms with Gasteiger partial charge in [0.2, 0.25) is 0 Å². The SMILES string of the molecule is O=S(=O)(O)OC[C@H]1O[C@H](O)[C@H](OCc2ccccc2)[C@@H](O)[C@@H]1O. The molecule has 1 aromatic rings. The molecule has 1 aliphatic rings. The lowest BCUT2D eigenvalue weighted by Gasteiger charge is -2.40. The maximum Gasteiger partial charge on any atom is 0.397 e. The second-order valence-electron chi connectivity index (χ2n) is 5.02.